The molecule has 7 heteroatoms. The number of aryl methyl sites for hydroxylation is 2. The molecular formula is C14H16N4O3. The summed E-state index contributed by atoms with van der Waals surface area (Å²) >= 11 is 0. The third-order valence-corrected chi connectivity index (χ3v) is 2.23. The maximum absolute atomic E-state index is 11.1. The fourth-order valence-electron chi connectivity index (χ4n) is 1.18. The van der Waals surface area contributed by atoms with E-state index in [1.807, 2.05) is 0 Å². The Bertz CT molecular complexity index is 582. The first-order valence-electron chi connectivity index (χ1n) is 6.26. The van der Waals surface area contributed by atoms with Gasteiger partial charge in [0.25, 0.3) is 0 Å². The summed E-state index contributed by atoms with van der Waals surface area (Å²) in [6.45, 7) is 5.66. The Labute approximate surface area is 122 Å². The lowest BCUT2D eigenvalue weighted by atomic mass is 10.3. The van der Waals surface area contributed by atoms with E-state index in [4.69, 9.17) is 4.74 Å². The molecule has 0 atom stereocenters. The highest BCUT2D eigenvalue weighted by molar-refractivity contribution is 5.88. The molecule has 0 radical (unpaired) electrons. The number of aromatic nitrogens is 4. The van der Waals surface area contributed by atoms with Crippen LogP contribution in [0.2, 0.25) is 0 Å². The molecule has 0 aliphatic carbocycles. The summed E-state index contributed by atoms with van der Waals surface area (Å²) in [7, 11) is 0. The highest BCUT2D eigenvalue weighted by Gasteiger charge is 2.05. The number of nitrogens with zero attached hydrogens (tertiary/aromatic N) is 4. The van der Waals surface area contributed by atoms with Crippen LogP contribution in [0, 0.1) is 13.8 Å². The van der Waals surface area contributed by atoms with Crippen LogP contribution in [0.3, 0.4) is 0 Å². The van der Waals surface area contributed by atoms with Gasteiger partial charge in [-0.15, -0.1) is 0 Å². The number of esters is 1. The normalized spacial score (nSPS) is 9.29. The van der Waals surface area contributed by atoms with Gasteiger partial charge in [0, 0.05) is 24.8 Å². The van der Waals surface area contributed by atoms with Crippen LogP contribution in [0.1, 0.15) is 39.3 Å². The fraction of sp³-hybridized carbons (Fsp3) is 0.286. The average Bonchev–Trinajstić information content (AvgIpc) is 2.50. The first kappa shape index (κ1) is 16.4. The largest absolute Gasteiger partial charge is 0.462 e. The van der Waals surface area contributed by atoms with E-state index in [1.165, 1.54) is 24.8 Å². The number of hydrogen-bond donors (Lipinski definition) is 0. The van der Waals surface area contributed by atoms with Crippen LogP contribution in [0.15, 0.2) is 24.8 Å². The summed E-state index contributed by atoms with van der Waals surface area (Å²) in [6, 6.07) is 0. The topological polar surface area (TPSA) is 94.9 Å². The Kier molecular flexibility index (Phi) is 6.59. The summed E-state index contributed by atoms with van der Waals surface area (Å²) < 4.78 is 4.75. The zero-order chi connectivity index (χ0) is 15.7. The summed E-state index contributed by atoms with van der Waals surface area (Å²) in [6.07, 6.45) is 6.63. The standard InChI is InChI=1S/C8H10N2O2.C6H6N2O/c1-3-12-8(11)7-4-9-6(2)10-5-7;1-5-7-2-6(4-9)3-8-5/h4-5H,3H2,1-2H3;2-4H,1H3. The smallest absolute Gasteiger partial charge is 0.341 e. The van der Waals surface area contributed by atoms with Crippen LogP contribution in [-0.4, -0.2) is 38.8 Å². The van der Waals surface area contributed by atoms with Crippen LogP contribution >= 0.6 is 0 Å². The molecule has 2 heterocycles. The molecule has 2 aromatic heterocycles. The van der Waals surface area contributed by atoms with E-state index in [0.29, 0.717) is 29.4 Å². The molecule has 7 nitrogen and oxygen atoms in total. The monoisotopic (exact) mass is 288 g/mol. The summed E-state index contributed by atoms with van der Waals surface area (Å²) in [5, 5.41) is 0. The molecular weight excluding hydrogens is 272 g/mol. The van der Waals surface area contributed by atoms with Crippen molar-refractivity contribution in [2.24, 2.45) is 0 Å². The Morgan fingerprint density at radius 3 is 1.95 bits per heavy atom. The van der Waals surface area contributed by atoms with E-state index < -0.39 is 0 Å². The van der Waals surface area contributed by atoms with Gasteiger partial charge in [0.2, 0.25) is 0 Å². The number of rotatable bonds is 3. The zero-order valence-electron chi connectivity index (χ0n) is 12.1. The quantitative estimate of drug-likeness (QED) is 0.624. The van der Waals surface area contributed by atoms with E-state index in [-0.39, 0.29) is 5.97 Å². The van der Waals surface area contributed by atoms with Gasteiger partial charge < -0.3 is 4.74 Å². The van der Waals surface area contributed by atoms with Gasteiger partial charge in [-0.05, 0) is 20.8 Å². The molecule has 2 rings (SSSR count). The van der Waals surface area contributed by atoms with E-state index in [2.05, 4.69) is 19.9 Å². The third kappa shape index (κ3) is 5.85. The first-order chi connectivity index (χ1) is 10.1. The molecule has 0 fully saturated rings. The van der Waals surface area contributed by atoms with Crippen molar-refractivity contribution in [2.45, 2.75) is 20.8 Å². The molecule has 0 bridgehead atoms. The predicted molar refractivity (Wildman–Crippen MR) is 74.9 cm³/mol. The first-order valence-corrected chi connectivity index (χ1v) is 6.26. The maximum Gasteiger partial charge on any atom is 0.341 e. The van der Waals surface area contributed by atoms with Crippen molar-refractivity contribution in [3.63, 3.8) is 0 Å². The Hall–Kier alpha value is -2.70. The number of hydrogen-bond acceptors (Lipinski definition) is 7. The van der Waals surface area contributed by atoms with Crippen molar-refractivity contribution in [1.29, 1.82) is 0 Å². The van der Waals surface area contributed by atoms with E-state index >= 15 is 0 Å². The second-order valence-electron chi connectivity index (χ2n) is 3.92. The number of carbonyl (C=O) groups excluding carboxylic acids is 2. The molecule has 110 valence electrons. The molecule has 0 N–H and O–H groups in total. The van der Waals surface area contributed by atoms with Crippen molar-refractivity contribution in [2.75, 3.05) is 6.61 Å². The van der Waals surface area contributed by atoms with Crippen LogP contribution in [0.4, 0.5) is 0 Å². The van der Waals surface area contributed by atoms with Gasteiger partial charge in [-0.25, -0.2) is 24.7 Å². The van der Waals surface area contributed by atoms with Gasteiger partial charge in [-0.1, -0.05) is 0 Å². The van der Waals surface area contributed by atoms with Crippen molar-refractivity contribution < 1.29 is 14.3 Å². The lowest BCUT2D eigenvalue weighted by molar-refractivity contribution is 0.0525. The van der Waals surface area contributed by atoms with Gasteiger partial charge in [0.1, 0.15) is 11.6 Å². The molecule has 0 saturated carbocycles. The lowest BCUT2D eigenvalue weighted by Crippen LogP contribution is -2.05. The third-order valence-electron chi connectivity index (χ3n) is 2.23. The van der Waals surface area contributed by atoms with E-state index in [9.17, 15) is 9.59 Å². The van der Waals surface area contributed by atoms with Crippen molar-refractivity contribution >= 4 is 12.3 Å². The van der Waals surface area contributed by atoms with Gasteiger partial charge in [0.15, 0.2) is 6.29 Å². The zero-order valence-corrected chi connectivity index (χ0v) is 12.1. The maximum atomic E-state index is 11.1. The summed E-state index contributed by atoms with van der Waals surface area (Å²) in [5.41, 5.74) is 0.906. The number of ether oxygens (including phenoxy) is 1. The minimum absolute atomic E-state index is 0.368. The number of carbonyl (C=O) groups is 2. The minimum atomic E-state index is -0.377. The van der Waals surface area contributed by atoms with Crippen LogP contribution in [0.5, 0.6) is 0 Å². The highest BCUT2D eigenvalue weighted by Crippen LogP contribution is 1.97. The summed E-state index contributed by atoms with van der Waals surface area (Å²) in [4.78, 5) is 36.4. The summed E-state index contributed by atoms with van der Waals surface area (Å²) in [5.74, 6) is 0.946. The molecule has 0 saturated heterocycles. The predicted octanol–water partition coefficient (Wildman–Crippen LogP) is 1.56. The number of aldehydes is 1. The Morgan fingerprint density at radius 2 is 1.52 bits per heavy atom. The molecule has 0 amide bonds. The van der Waals surface area contributed by atoms with Crippen LogP contribution in [-0.2, 0) is 4.74 Å². The van der Waals surface area contributed by atoms with Crippen molar-refractivity contribution in [3.8, 4) is 0 Å². The highest BCUT2D eigenvalue weighted by atomic mass is 16.5. The van der Waals surface area contributed by atoms with Crippen LogP contribution in [0.25, 0.3) is 0 Å². The van der Waals surface area contributed by atoms with Gasteiger partial charge in [0.05, 0.1) is 17.7 Å². The molecule has 0 spiro atoms. The fourth-order valence-corrected chi connectivity index (χ4v) is 1.18. The average molecular weight is 288 g/mol. The SMILES string of the molecule is CCOC(=O)c1cnc(C)nc1.Cc1ncc(C=O)cn1. The molecule has 0 aromatic carbocycles. The lowest BCUT2D eigenvalue weighted by Gasteiger charge is -1.99. The molecule has 0 aliphatic rings. The van der Waals surface area contributed by atoms with Gasteiger partial charge >= 0.3 is 5.97 Å². The molecule has 0 aliphatic heterocycles. The molecule has 2 aromatic rings. The van der Waals surface area contributed by atoms with Crippen LogP contribution < -0.4 is 0 Å². The minimum Gasteiger partial charge on any atom is -0.462 e. The molecule has 0 unspecified atom stereocenters. The second kappa shape index (κ2) is 8.47. The van der Waals surface area contributed by atoms with Crippen molar-refractivity contribution in [3.05, 3.63) is 47.6 Å². The van der Waals surface area contributed by atoms with E-state index in [0.717, 1.165) is 6.29 Å². The van der Waals surface area contributed by atoms with E-state index in [1.54, 1.807) is 20.8 Å². The molecule has 21 heavy (non-hydrogen) atoms. The second-order valence-corrected chi connectivity index (χ2v) is 3.92. The Balaban J connectivity index is 0.000000219. The van der Waals surface area contributed by atoms with Crippen molar-refractivity contribution in [1.82, 2.24) is 19.9 Å². The van der Waals surface area contributed by atoms with Gasteiger partial charge in [-0.2, -0.15) is 0 Å². The van der Waals surface area contributed by atoms with Gasteiger partial charge in [-0.3, -0.25) is 4.79 Å². The Morgan fingerprint density at radius 1 is 1.05 bits per heavy atom.